The van der Waals surface area contributed by atoms with E-state index >= 15 is 0 Å². The topological polar surface area (TPSA) is 61.8 Å². The molecule has 2 aromatic carbocycles. The summed E-state index contributed by atoms with van der Waals surface area (Å²) in [7, 11) is 0. The molecule has 0 aliphatic carbocycles. The van der Waals surface area contributed by atoms with Crippen molar-refractivity contribution in [3.8, 4) is 6.07 Å². The second-order valence-corrected chi connectivity index (χ2v) is 5.12. The Labute approximate surface area is 114 Å². The number of nitrogens with one attached hydrogen (secondary N) is 1. The van der Waals surface area contributed by atoms with E-state index in [1.165, 1.54) is 10.1 Å². The monoisotopic (exact) mass is 265 g/mol. The van der Waals surface area contributed by atoms with Crippen molar-refractivity contribution in [3.63, 3.8) is 0 Å². The molecule has 0 aliphatic heterocycles. The lowest BCUT2D eigenvalue weighted by molar-refractivity contribution is 1.47. The molecule has 0 amide bonds. The van der Waals surface area contributed by atoms with Crippen molar-refractivity contribution in [1.29, 1.82) is 5.26 Å². The number of nitrogen functional groups attached to an aromatic ring is 1. The van der Waals surface area contributed by atoms with Crippen molar-refractivity contribution in [2.75, 3.05) is 11.1 Å². The Kier molecular flexibility index (Phi) is 2.82. The van der Waals surface area contributed by atoms with Crippen LogP contribution in [0.25, 0.3) is 10.1 Å². The summed E-state index contributed by atoms with van der Waals surface area (Å²) in [5, 5.41) is 15.5. The maximum absolute atomic E-state index is 8.97. The third-order valence-electron chi connectivity index (χ3n) is 2.96. The molecule has 1 aromatic heterocycles. The molecule has 0 bridgehead atoms. The summed E-state index contributed by atoms with van der Waals surface area (Å²) in [5.74, 6) is 0. The van der Waals surface area contributed by atoms with E-state index in [-0.39, 0.29) is 0 Å². The molecule has 3 rings (SSSR count). The number of hydrogen-bond donors (Lipinski definition) is 2. The molecule has 3 aromatic rings. The van der Waals surface area contributed by atoms with Gasteiger partial charge in [-0.1, -0.05) is 6.07 Å². The van der Waals surface area contributed by atoms with Gasteiger partial charge in [-0.3, -0.25) is 0 Å². The zero-order valence-corrected chi connectivity index (χ0v) is 10.9. The minimum Gasteiger partial charge on any atom is -0.396 e. The second-order valence-electron chi connectivity index (χ2n) is 4.18. The molecule has 19 heavy (non-hydrogen) atoms. The number of nitriles is 1. The Morgan fingerprint density at radius 3 is 2.89 bits per heavy atom. The quantitative estimate of drug-likeness (QED) is 0.686. The number of anilines is 3. The van der Waals surface area contributed by atoms with Crippen LogP contribution in [-0.4, -0.2) is 0 Å². The van der Waals surface area contributed by atoms with Gasteiger partial charge in [0.05, 0.1) is 16.9 Å². The van der Waals surface area contributed by atoms with Gasteiger partial charge < -0.3 is 11.1 Å². The van der Waals surface area contributed by atoms with Crippen LogP contribution < -0.4 is 11.1 Å². The highest BCUT2D eigenvalue weighted by Gasteiger charge is 2.05. The number of nitrogens with zero attached hydrogens (tertiary/aromatic N) is 1. The lowest BCUT2D eigenvalue weighted by Gasteiger charge is -2.10. The highest BCUT2D eigenvalue weighted by Crippen LogP contribution is 2.29. The van der Waals surface area contributed by atoms with E-state index in [1.807, 2.05) is 18.2 Å². The number of para-hydroxylation sites is 1. The van der Waals surface area contributed by atoms with Gasteiger partial charge in [0.15, 0.2) is 0 Å². The first-order valence-corrected chi connectivity index (χ1v) is 6.69. The second kappa shape index (κ2) is 4.63. The third kappa shape index (κ3) is 2.12. The van der Waals surface area contributed by atoms with E-state index in [4.69, 9.17) is 11.0 Å². The number of benzene rings is 2. The van der Waals surface area contributed by atoms with E-state index in [0.717, 1.165) is 11.4 Å². The van der Waals surface area contributed by atoms with Crippen LogP contribution in [0.5, 0.6) is 0 Å². The van der Waals surface area contributed by atoms with Gasteiger partial charge in [-0.25, -0.2) is 0 Å². The molecule has 0 saturated heterocycles. The number of hydrogen-bond acceptors (Lipinski definition) is 4. The van der Waals surface area contributed by atoms with Crippen LogP contribution in [0.1, 0.15) is 5.56 Å². The van der Waals surface area contributed by atoms with Crippen LogP contribution in [0.4, 0.5) is 17.1 Å². The van der Waals surface area contributed by atoms with Crippen LogP contribution in [0.3, 0.4) is 0 Å². The van der Waals surface area contributed by atoms with Gasteiger partial charge in [0, 0.05) is 10.4 Å². The number of nitrogens with two attached hydrogens (primary N) is 1. The highest BCUT2D eigenvalue weighted by molar-refractivity contribution is 7.17. The Morgan fingerprint density at radius 1 is 1.16 bits per heavy atom. The van der Waals surface area contributed by atoms with Crippen LogP contribution >= 0.6 is 11.3 Å². The zero-order chi connectivity index (χ0) is 13.2. The van der Waals surface area contributed by atoms with Gasteiger partial charge in [0.25, 0.3) is 0 Å². The average molecular weight is 265 g/mol. The molecular weight excluding hydrogens is 254 g/mol. The van der Waals surface area contributed by atoms with E-state index in [9.17, 15) is 0 Å². The Hall–Kier alpha value is -2.51. The fourth-order valence-corrected chi connectivity index (χ4v) is 2.74. The van der Waals surface area contributed by atoms with Gasteiger partial charge in [0.2, 0.25) is 0 Å². The third-order valence-corrected chi connectivity index (χ3v) is 3.86. The van der Waals surface area contributed by atoms with Gasteiger partial charge in [0.1, 0.15) is 6.07 Å². The largest absolute Gasteiger partial charge is 0.396 e. The fraction of sp³-hybridized carbons (Fsp3) is 0. The summed E-state index contributed by atoms with van der Waals surface area (Å²) in [6.45, 7) is 0. The predicted octanol–water partition coefficient (Wildman–Crippen LogP) is 4.10. The zero-order valence-electron chi connectivity index (χ0n) is 10.1. The van der Waals surface area contributed by atoms with Crippen LogP contribution in [0.15, 0.2) is 47.8 Å². The Morgan fingerprint density at radius 2 is 2.05 bits per heavy atom. The van der Waals surface area contributed by atoms with E-state index in [1.54, 1.807) is 17.4 Å². The fourth-order valence-electron chi connectivity index (χ4n) is 1.97. The molecule has 0 spiro atoms. The summed E-state index contributed by atoms with van der Waals surface area (Å²) in [6, 6.07) is 15.7. The molecule has 4 heteroatoms. The summed E-state index contributed by atoms with van der Waals surface area (Å²) in [4.78, 5) is 0. The summed E-state index contributed by atoms with van der Waals surface area (Å²) in [6.07, 6.45) is 0. The van der Waals surface area contributed by atoms with Crippen molar-refractivity contribution in [2.45, 2.75) is 0 Å². The lowest BCUT2D eigenvalue weighted by atomic mass is 10.1. The molecule has 0 saturated carbocycles. The Balaban J connectivity index is 1.99. The molecule has 0 radical (unpaired) electrons. The SMILES string of the molecule is N#Cc1cccc(Nc2ccc3sccc3c2)c1N. The van der Waals surface area contributed by atoms with Gasteiger partial charge >= 0.3 is 0 Å². The van der Waals surface area contributed by atoms with Crippen molar-refractivity contribution in [2.24, 2.45) is 0 Å². The summed E-state index contributed by atoms with van der Waals surface area (Å²) >= 11 is 1.72. The first-order valence-electron chi connectivity index (χ1n) is 5.81. The smallest absolute Gasteiger partial charge is 0.101 e. The molecular formula is C15H11N3S. The van der Waals surface area contributed by atoms with Crippen molar-refractivity contribution in [3.05, 3.63) is 53.4 Å². The number of thiophene rings is 1. The van der Waals surface area contributed by atoms with Crippen LogP contribution in [0.2, 0.25) is 0 Å². The van der Waals surface area contributed by atoms with Gasteiger partial charge in [-0.2, -0.15) is 5.26 Å². The number of rotatable bonds is 2. The molecule has 0 aliphatic rings. The maximum Gasteiger partial charge on any atom is 0.101 e. The van der Waals surface area contributed by atoms with E-state index in [2.05, 4.69) is 35.0 Å². The predicted molar refractivity (Wildman–Crippen MR) is 80.7 cm³/mol. The molecule has 0 atom stereocenters. The molecule has 1 heterocycles. The van der Waals surface area contributed by atoms with Crippen molar-refractivity contribution < 1.29 is 0 Å². The lowest BCUT2D eigenvalue weighted by Crippen LogP contribution is -1.98. The maximum atomic E-state index is 8.97. The highest BCUT2D eigenvalue weighted by atomic mass is 32.1. The van der Waals surface area contributed by atoms with E-state index < -0.39 is 0 Å². The number of fused-ring (bicyclic) bond motifs is 1. The molecule has 92 valence electrons. The van der Waals surface area contributed by atoms with Crippen molar-refractivity contribution >= 4 is 38.5 Å². The molecule has 3 N–H and O–H groups in total. The van der Waals surface area contributed by atoms with Gasteiger partial charge in [-0.15, -0.1) is 11.3 Å². The van der Waals surface area contributed by atoms with Crippen molar-refractivity contribution in [1.82, 2.24) is 0 Å². The Bertz CT molecular complexity index is 783. The van der Waals surface area contributed by atoms with Gasteiger partial charge in [-0.05, 0) is 47.2 Å². The average Bonchev–Trinajstić information content (AvgIpc) is 2.88. The first kappa shape index (κ1) is 11.6. The van der Waals surface area contributed by atoms with Crippen LogP contribution in [-0.2, 0) is 0 Å². The molecule has 3 nitrogen and oxygen atoms in total. The molecule has 0 fully saturated rings. The van der Waals surface area contributed by atoms with E-state index in [0.29, 0.717) is 11.3 Å². The minimum atomic E-state index is 0.482. The molecule has 0 unspecified atom stereocenters. The minimum absolute atomic E-state index is 0.482. The summed E-state index contributed by atoms with van der Waals surface area (Å²) < 4.78 is 1.25. The first-order chi connectivity index (χ1) is 9.28. The normalized spacial score (nSPS) is 10.3. The standard InChI is InChI=1S/C15H11N3S/c16-9-11-2-1-3-13(15(11)17)18-12-4-5-14-10(8-12)6-7-19-14/h1-8,18H,17H2. The summed E-state index contributed by atoms with van der Waals surface area (Å²) in [5.41, 5.74) is 8.64. The van der Waals surface area contributed by atoms with Crippen LogP contribution in [0, 0.1) is 11.3 Å².